The van der Waals surface area contributed by atoms with Crippen LogP contribution < -0.4 is 4.74 Å². The maximum Gasteiger partial charge on any atom is 0.298 e. The molecule has 2 heterocycles. The number of halogens is 3. The van der Waals surface area contributed by atoms with Crippen molar-refractivity contribution in [1.29, 1.82) is 0 Å². The molecule has 2 aromatic heterocycles. The highest BCUT2D eigenvalue weighted by Crippen LogP contribution is 2.32. The zero-order chi connectivity index (χ0) is 18.6. The molecule has 0 spiro atoms. The Morgan fingerprint density at radius 2 is 1.92 bits per heavy atom. The average molecular weight is 371 g/mol. The van der Waals surface area contributed by atoms with Crippen molar-refractivity contribution in [3.63, 3.8) is 0 Å². The van der Waals surface area contributed by atoms with E-state index in [-0.39, 0.29) is 12.3 Å². The predicted molar refractivity (Wildman–Crippen MR) is 94.5 cm³/mol. The maximum absolute atomic E-state index is 12.4. The first-order valence-electron chi connectivity index (χ1n) is 8.12. The molecule has 0 saturated heterocycles. The van der Waals surface area contributed by atoms with Crippen LogP contribution in [0.25, 0.3) is 10.9 Å². The molecule has 0 atom stereocenters. The summed E-state index contributed by atoms with van der Waals surface area (Å²) in [5, 5.41) is 4.98. The molecule has 0 fully saturated rings. The Labute approximate surface area is 150 Å². The van der Waals surface area contributed by atoms with Crippen LogP contribution in [0.4, 0.5) is 8.78 Å². The van der Waals surface area contributed by atoms with Gasteiger partial charge in [-0.3, -0.25) is 0 Å². The maximum atomic E-state index is 12.4. The summed E-state index contributed by atoms with van der Waals surface area (Å²) >= 11 is 6.21. The van der Waals surface area contributed by atoms with Crippen LogP contribution in [0, 0.1) is 0 Å². The molecule has 0 aliphatic heterocycles. The standard InChI is InChI=1S/C16H15ClF2N2O2.C2H6/c1-8(2)12-4-9-3-11(17)14(6-13(9)20-12)22-7-10-5-15(16(18)19)23-21-10;1-2/h3-6,8,16,20H,7H2,1-2H3;1-2H3. The Morgan fingerprint density at radius 3 is 2.52 bits per heavy atom. The number of hydrogen-bond acceptors (Lipinski definition) is 3. The van der Waals surface area contributed by atoms with Gasteiger partial charge in [0.1, 0.15) is 18.1 Å². The topological polar surface area (TPSA) is 51.1 Å². The molecule has 1 N–H and O–H groups in total. The first-order valence-corrected chi connectivity index (χ1v) is 8.50. The minimum atomic E-state index is -2.69. The predicted octanol–water partition coefficient (Wildman–Crippen LogP) is 6.48. The molecule has 1 aromatic carbocycles. The number of nitrogens with one attached hydrogen (secondary N) is 1. The molecule has 0 bridgehead atoms. The molecular formula is C18H21ClF2N2O2. The highest BCUT2D eigenvalue weighted by atomic mass is 35.5. The Hall–Kier alpha value is -2.08. The molecule has 0 amide bonds. The highest BCUT2D eigenvalue weighted by Gasteiger charge is 2.15. The van der Waals surface area contributed by atoms with Crippen LogP contribution in [-0.4, -0.2) is 10.1 Å². The molecule has 0 aliphatic carbocycles. The Balaban J connectivity index is 0.00000109. The van der Waals surface area contributed by atoms with Crippen LogP contribution in [0.2, 0.25) is 5.02 Å². The molecule has 0 radical (unpaired) electrons. The van der Waals surface area contributed by atoms with E-state index < -0.39 is 12.2 Å². The van der Waals surface area contributed by atoms with Crippen LogP contribution >= 0.6 is 11.6 Å². The van der Waals surface area contributed by atoms with Crippen molar-refractivity contribution < 1.29 is 18.0 Å². The van der Waals surface area contributed by atoms with Crippen molar-refractivity contribution in [3.05, 3.63) is 46.4 Å². The second-order valence-electron chi connectivity index (χ2n) is 5.56. The minimum Gasteiger partial charge on any atom is -0.486 e. The molecule has 0 unspecified atom stereocenters. The van der Waals surface area contributed by atoms with Crippen molar-refractivity contribution in [2.45, 2.75) is 46.6 Å². The summed E-state index contributed by atoms with van der Waals surface area (Å²) in [5.74, 6) is 0.349. The lowest BCUT2D eigenvalue weighted by Gasteiger charge is -2.06. The first-order chi connectivity index (χ1) is 11.9. The average Bonchev–Trinajstić information content (AvgIpc) is 3.21. The van der Waals surface area contributed by atoms with Gasteiger partial charge in [0.2, 0.25) is 5.76 Å². The van der Waals surface area contributed by atoms with E-state index in [0.717, 1.165) is 16.6 Å². The zero-order valence-electron chi connectivity index (χ0n) is 14.6. The van der Waals surface area contributed by atoms with E-state index in [1.54, 1.807) is 6.07 Å². The minimum absolute atomic E-state index is 0.000801. The normalized spacial score (nSPS) is 11.1. The van der Waals surface area contributed by atoms with Gasteiger partial charge in [0.05, 0.1) is 5.02 Å². The molecule has 0 saturated carbocycles. The molecule has 4 nitrogen and oxygen atoms in total. The van der Waals surface area contributed by atoms with Crippen molar-refractivity contribution in [2.75, 3.05) is 0 Å². The summed E-state index contributed by atoms with van der Waals surface area (Å²) < 4.78 is 35.0. The Kier molecular flexibility index (Phi) is 6.42. The van der Waals surface area contributed by atoms with Crippen LogP contribution in [-0.2, 0) is 6.61 Å². The molecule has 7 heteroatoms. The third kappa shape index (κ3) is 4.51. The van der Waals surface area contributed by atoms with Crippen molar-refractivity contribution in [3.8, 4) is 5.75 Å². The number of ether oxygens (including phenoxy) is 1. The smallest absolute Gasteiger partial charge is 0.298 e. The largest absolute Gasteiger partial charge is 0.486 e. The summed E-state index contributed by atoms with van der Waals surface area (Å²) in [6, 6.07) is 6.81. The highest BCUT2D eigenvalue weighted by molar-refractivity contribution is 6.32. The number of H-pyrrole nitrogens is 1. The van der Waals surface area contributed by atoms with Gasteiger partial charge < -0.3 is 14.2 Å². The number of fused-ring (bicyclic) bond motifs is 1. The molecule has 3 rings (SSSR count). The molecule has 3 aromatic rings. The lowest BCUT2D eigenvalue weighted by molar-refractivity contribution is 0.112. The second-order valence-corrected chi connectivity index (χ2v) is 5.97. The summed E-state index contributed by atoms with van der Waals surface area (Å²) in [5.41, 5.74) is 2.29. The van der Waals surface area contributed by atoms with E-state index in [2.05, 4.69) is 28.5 Å². The van der Waals surface area contributed by atoms with Crippen molar-refractivity contribution in [2.24, 2.45) is 0 Å². The lowest BCUT2D eigenvalue weighted by atomic mass is 10.1. The summed E-state index contributed by atoms with van der Waals surface area (Å²) in [4.78, 5) is 3.31. The molecule has 0 aliphatic rings. The fourth-order valence-electron chi connectivity index (χ4n) is 2.23. The van der Waals surface area contributed by atoms with Gasteiger partial charge in [-0.25, -0.2) is 8.78 Å². The van der Waals surface area contributed by atoms with Crippen LogP contribution in [0.3, 0.4) is 0 Å². The van der Waals surface area contributed by atoms with E-state index in [1.807, 2.05) is 26.0 Å². The fraction of sp³-hybridized carbons (Fsp3) is 0.389. The molecular weight excluding hydrogens is 350 g/mol. The SMILES string of the molecule is CC.CC(C)c1cc2cc(Cl)c(OCc3cc(C(F)F)on3)cc2[nH]1. The number of nitrogens with zero attached hydrogens (tertiary/aromatic N) is 1. The summed E-state index contributed by atoms with van der Waals surface area (Å²) in [7, 11) is 0. The number of aromatic nitrogens is 2. The third-order valence-corrected chi connectivity index (χ3v) is 3.78. The zero-order valence-corrected chi connectivity index (χ0v) is 15.3. The van der Waals surface area contributed by atoms with E-state index in [9.17, 15) is 8.78 Å². The number of aromatic amines is 1. The van der Waals surface area contributed by atoms with E-state index in [1.165, 1.54) is 6.07 Å². The lowest BCUT2D eigenvalue weighted by Crippen LogP contribution is -1.96. The van der Waals surface area contributed by atoms with Crippen LogP contribution in [0.5, 0.6) is 5.75 Å². The quantitative estimate of drug-likeness (QED) is 0.559. The van der Waals surface area contributed by atoms with Crippen molar-refractivity contribution in [1.82, 2.24) is 10.1 Å². The third-order valence-electron chi connectivity index (χ3n) is 3.48. The fourth-order valence-corrected chi connectivity index (χ4v) is 2.45. The van der Waals surface area contributed by atoms with Gasteiger partial charge in [-0.1, -0.05) is 44.5 Å². The van der Waals surface area contributed by atoms with E-state index >= 15 is 0 Å². The van der Waals surface area contributed by atoms with E-state index in [4.69, 9.17) is 16.3 Å². The van der Waals surface area contributed by atoms with Gasteiger partial charge in [-0.2, -0.15) is 0 Å². The van der Waals surface area contributed by atoms with Crippen LogP contribution in [0.15, 0.2) is 28.8 Å². The van der Waals surface area contributed by atoms with Gasteiger partial charge in [-0.05, 0) is 18.1 Å². The summed E-state index contributed by atoms with van der Waals surface area (Å²) in [6.07, 6.45) is -2.69. The van der Waals surface area contributed by atoms with Gasteiger partial charge in [0.25, 0.3) is 6.43 Å². The van der Waals surface area contributed by atoms with Gasteiger partial charge in [0, 0.05) is 28.7 Å². The van der Waals surface area contributed by atoms with Crippen LogP contribution in [0.1, 0.15) is 57.2 Å². The first kappa shape index (κ1) is 19.2. The van der Waals surface area contributed by atoms with E-state index in [0.29, 0.717) is 16.7 Å². The number of hydrogen-bond donors (Lipinski definition) is 1. The molecule has 136 valence electrons. The Morgan fingerprint density at radius 1 is 1.20 bits per heavy atom. The monoisotopic (exact) mass is 370 g/mol. The second kappa shape index (κ2) is 8.34. The Bertz CT molecular complexity index is 828. The van der Waals surface area contributed by atoms with Gasteiger partial charge in [0.15, 0.2) is 0 Å². The number of rotatable bonds is 5. The van der Waals surface area contributed by atoms with Gasteiger partial charge in [-0.15, -0.1) is 0 Å². The summed E-state index contributed by atoms with van der Waals surface area (Å²) in [6.45, 7) is 8.18. The number of benzene rings is 1. The van der Waals surface area contributed by atoms with Crippen molar-refractivity contribution >= 4 is 22.5 Å². The van der Waals surface area contributed by atoms with Gasteiger partial charge >= 0.3 is 0 Å². The number of alkyl halides is 2. The molecule has 25 heavy (non-hydrogen) atoms.